The van der Waals surface area contributed by atoms with Crippen LogP contribution in [0.4, 0.5) is 0 Å². The average Bonchev–Trinajstić information content (AvgIpc) is 2.27. The number of ketones is 1. The van der Waals surface area contributed by atoms with E-state index in [0.29, 0.717) is 5.56 Å². The van der Waals surface area contributed by atoms with Gasteiger partial charge in [0.25, 0.3) is 0 Å². The van der Waals surface area contributed by atoms with Gasteiger partial charge in [-0.2, -0.15) is 0 Å². The van der Waals surface area contributed by atoms with Crippen LogP contribution in [-0.2, 0) is 9.53 Å². The number of carbonyl (C=O) groups is 2. The van der Waals surface area contributed by atoms with Gasteiger partial charge in [0.05, 0.1) is 0 Å². The minimum absolute atomic E-state index is 0.115. The molecule has 0 heterocycles. The molecule has 0 amide bonds. The van der Waals surface area contributed by atoms with E-state index in [4.69, 9.17) is 10.5 Å². The van der Waals surface area contributed by atoms with Gasteiger partial charge in [-0.05, 0) is 6.92 Å². The number of hydrogen-bond acceptors (Lipinski definition) is 4. The second-order valence-corrected chi connectivity index (χ2v) is 3.89. The van der Waals surface area contributed by atoms with Gasteiger partial charge < -0.3 is 10.5 Å². The Morgan fingerprint density at radius 3 is 2.38 bits per heavy atom. The molecule has 1 aromatic rings. The number of benzene rings is 1. The molecule has 0 bridgehead atoms. The lowest BCUT2D eigenvalue weighted by Gasteiger charge is -2.22. The highest BCUT2D eigenvalue weighted by atomic mass is 16.5. The van der Waals surface area contributed by atoms with Crippen LogP contribution in [-0.4, -0.2) is 23.9 Å². The second kappa shape index (κ2) is 4.90. The molecule has 1 rings (SSSR count). The fourth-order valence-electron chi connectivity index (χ4n) is 1.24. The summed E-state index contributed by atoms with van der Waals surface area (Å²) in [5, 5.41) is 0. The van der Waals surface area contributed by atoms with E-state index in [1.165, 1.54) is 6.92 Å². The van der Waals surface area contributed by atoms with E-state index < -0.39 is 11.5 Å². The minimum atomic E-state index is -1.19. The van der Waals surface area contributed by atoms with Crippen molar-refractivity contribution in [3.8, 4) is 0 Å². The Balaban J connectivity index is 2.76. The molecule has 0 aliphatic rings. The lowest BCUT2D eigenvalue weighted by atomic mass is 9.93. The lowest BCUT2D eigenvalue weighted by molar-refractivity contribution is -0.142. The van der Waals surface area contributed by atoms with Gasteiger partial charge in [-0.1, -0.05) is 30.3 Å². The monoisotopic (exact) mass is 221 g/mol. The van der Waals surface area contributed by atoms with Gasteiger partial charge in [-0.25, -0.2) is 0 Å². The van der Waals surface area contributed by atoms with Crippen molar-refractivity contribution in [1.29, 1.82) is 0 Å². The van der Waals surface area contributed by atoms with Crippen molar-refractivity contribution in [3.63, 3.8) is 0 Å². The van der Waals surface area contributed by atoms with E-state index in [1.807, 2.05) is 6.07 Å². The van der Waals surface area contributed by atoms with Crippen molar-refractivity contribution < 1.29 is 14.3 Å². The first-order chi connectivity index (χ1) is 7.43. The molecule has 1 atom stereocenters. The maximum Gasteiger partial charge on any atom is 0.302 e. The molecule has 4 nitrogen and oxygen atoms in total. The normalized spacial score (nSPS) is 13.9. The zero-order valence-corrected chi connectivity index (χ0v) is 9.40. The Morgan fingerprint density at radius 1 is 1.31 bits per heavy atom. The van der Waals surface area contributed by atoms with Gasteiger partial charge in [0.15, 0.2) is 5.78 Å². The number of Topliss-reactive ketones (excluding diaryl/α,β-unsaturated/α-hetero) is 1. The Hall–Kier alpha value is -1.68. The van der Waals surface area contributed by atoms with Gasteiger partial charge >= 0.3 is 5.97 Å². The summed E-state index contributed by atoms with van der Waals surface area (Å²) in [6, 6.07) is 8.70. The summed E-state index contributed by atoms with van der Waals surface area (Å²) in [6.07, 6.45) is 0. The van der Waals surface area contributed by atoms with Crippen LogP contribution in [0.1, 0.15) is 24.2 Å². The highest BCUT2D eigenvalue weighted by Gasteiger charge is 2.30. The number of esters is 1. The van der Waals surface area contributed by atoms with E-state index in [-0.39, 0.29) is 12.4 Å². The van der Waals surface area contributed by atoms with Gasteiger partial charge in [-0.15, -0.1) is 0 Å². The SMILES string of the molecule is CC(=O)OCC(C)(N)C(=O)c1ccccc1. The third-order valence-electron chi connectivity index (χ3n) is 2.13. The van der Waals surface area contributed by atoms with Gasteiger partial charge in [0.1, 0.15) is 12.1 Å². The van der Waals surface area contributed by atoms with Crippen molar-refractivity contribution in [2.24, 2.45) is 5.73 Å². The zero-order valence-electron chi connectivity index (χ0n) is 9.40. The number of ether oxygens (including phenoxy) is 1. The first-order valence-electron chi connectivity index (χ1n) is 4.95. The molecule has 0 aliphatic carbocycles. The van der Waals surface area contributed by atoms with Crippen LogP contribution in [0, 0.1) is 0 Å². The van der Waals surface area contributed by atoms with E-state index in [9.17, 15) is 9.59 Å². The summed E-state index contributed by atoms with van der Waals surface area (Å²) in [6.45, 7) is 2.71. The first-order valence-corrected chi connectivity index (χ1v) is 4.95. The van der Waals surface area contributed by atoms with Gasteiger partial charge in [-0.3, -0.25) is 9.59 Å². The molecule has 0 spiro atoms. The van der Waals surface area contributed by atoms with Crippen LogP contribution < -0.4 is 5.73 Å². The van der Waals surface area contributed by atoms with Crippen LogP contribution in [0.15, 0.2) is 30.3 Å². The average molecular weight is 221 g/mol. The third-order valence-corrected chi connectivity index (χ3v) is 2.13. The van der Waals surface area contributed by atoms with Crippen molar-refractivity contribution >= 4 is 11.8 Å². The van der Waals surface area contributed by atoms with Gasteiger partial charge in [0.2, 0.25) is 0 Å². The highest BCUT2D eigenvalue weighted by molar-refractivity contribution is 6.03. The molecule has 0 aliphatic heterocycles. The Kier molecular flexibility index (Phi) is 3.79. The molecule has 16 heavy (non-hydrogen) atoms. The predicted molar refractivity (Wildman–Crippen MR) is 60.0 cm³/mol. The van der Waals surface area contributed by atoms with E-state index in [1.54, 1.807) is 31.2 Å². The molecule has 0 saturated carbocycles. The van der Waals surface area contributed by atoms with Crippen molar-refractivity contribution in [1.82, 2.24) is 0 Å². The second-order valence-electron chi connectivity index (χ2n) is 3.89. The summed E-state index contributed by atoms with van der Waals surface area (Å²) in [5.41, 5.74) is 5.14. The standard InChI is InChI=1S/C12H15NO3/c1-9(14)16-8-12(2,13)11(15)10-6-4-3-5-7-10/h3-7H,8,13H2,1-2H3. The van der Waals surface area contributed by atoms with Crippen LogP contribution in [0.25, 0.3) is 0 Å². The van der Waals surface area contributed by atoms with E-state index in [0.717, 1.165) is 0 Å². The van der Waals surface area contributed by atoms with Crippen molar-refractivity contribution in [2.45, 2.75) is 19.4 Å². The molecular formula is C12H15NO3. The molecule has 0 saturated heterocycles. The fourth-order valence-corrected chi connectivity index (χ4v) is 1.24. The highest BCUT2D eigenvalue weighted by Crippen LogP contribution is 2.11. The molecule has 0 aromatic heterocycles. The maximum atomic E-state index is 12.0. The van der Waals surface area contributed by atoms with Crippen LogP contribution in [0.2, 0.25) is 0 Å². The van der Waals surface area contributed by atoms with Crippen LogP contribution in [0.3, 0.4) is 0 Å². The Bertz CT molecular complexity index is 385. The zero-order chi connectivity index (χ0) is 12.2. The summed E-state index contributed by atoms with van der Waals surface area (Å²) in [5.74, 6) is -0.688. The molecule has 86 valence electrons. The quantitative estimate of drug-likeness (QED) is 0.611. The lowest BCUT2D eigenvalue weighted by Crippen LogP contribution is -2.49. The Morgan fingerprint density at radius 2 is 1.88 bits per heavy atom. The predicted octanol–water partition coefficient (Wildman–Crippen LogP) is 1.15. The molecule has 1 unspecified atom stereocenters. The van der Waals surface area contributed by atoms with E-state index in [2.05, 4.69) is 0 Å². The number of rotatable bonds is 4. The number of carbonyl (C=O) groups excluding carboxylic acids is 2. The number of nitrogens with two attached hydrogens (primary N) is 1. The molecular weight excluding hydrogens is 206 g/mol. The van der Waals surface area contributed by atoms with Crippen molar-refractivity contribution in [3.05, 3.63) is 35.9 Å². The maximum absolute atomic E-state index is 12.0. The topological polar surface area (TPSA) is 69.4 Å². The minimum Gasteiger partial charge on any atom is -0.463 e. The van der Waals surface area contributed by atoms with Gasteiger partial charge in [0, 0.05) is 12.5 Å². The first kappa shape index (κ1) is 12.4. The summed E-state index contributed by atoms with van der Waals surface area (Å²) in [4.78, 5) is 22.6. The number of hydrogen-bond donors (Lipinski definition) is 1. The third kappa shape index (κ3) is 3.17. The molecule has 2 N–H and O–H groups in total. The fraction of sp³-hybridized carbons (Fsp3) is 0.333. The summed E-state index contributed by atoms with van der Waals surface area (Å²) in [7, 11) is 0. The Labute approximate surface area is 94.4 Å². The van der Waals surface area contributed by atoms with Crippen LogP contribution in [0.5, 0.6) is 0 Å². The molecule has 1 aromatic carbocycles. The van der Waals surface area contributed by atoms with Crippen LogP contribution >= 0.6 is 0 Å². The van der Waals surface area contributed by atoms with E-state index >= 15 is 0 Å². The van der Waals surface area contributed by atoms with Crippen molar-refractivity contribution in [2.75, 3.05) is 6.61 Å². The molecule has 0 radical (unpaired) electrons. The molecule has 4 heteroatoms. The largest absolute Gasteiger partial charge is 0.463 e. The summed E-state index contributed by atoms with van der Waals surface area (Å²) >= 11 is 0. The summed E-state index contributed by atoms with van der Waals surface area (Å²) < 4.78 is 4.76. The molecule has 0 fully saturated rings. The smallest absolute Gasteiger partial charge is 0.302 e.